The summed E-state index contributed by atoms with van der Waals surface area (Å²) in [6.45, 7) is 7.13. The lowest BCUT2D eigenvalue weighted by Gasteiger charge is -2.39. The van der Waals surface area contributed by atoms with Crippen molar-refractivity contribution >= 4 is 11.6 Å². The quantitative estimate of drug-likeness (QED) is 0.626. The van der Waals surface area contributed by atoms with Crippen molar-refractivity contribution in [2.45, 2.75) is 52.1 Å². The number of benzene rings is 2. The topological polar surface area (TPSA) is 42.0 Å². The van der Waals surface area contributed by atoms with Crippen LogP contribution in [0.3, 0.4) is 0 Å². The van der Waals surface area contributed by atoms with Crippen molar-refractivity contribution in [1.82, 2.24) is 4.90 Å². The Morgan fingerprint density at radius 3 is 2.43 bits per heavy atom. The van der Waals surface area contributed by atoms with E-state index in [-0.39, 0.29) is 11.9 Å². The number of methoxy groups -OCH3 is 2. The molecule has 5 heteroatoms. The first kappa shape index (κ1) is 22.2. The number of ether oxygens (including phenoxy) is 2. The molecule has 0 aliphatic carbocycles. The zero-order valence-corrected chi connectivity index (χ0v) is 18.7. The van der Waals surface area contributed by atoms with Crippen molar-refractivity contribution in [2.24, 2.45) is 0 Å². The molecule has 2 aromatic carbocycles. The summed E-state index contributed by atoms with van der Waals surface area (Å²) < 4.78 is 10.8. The number of likely N-dealkylation sites (tertiary alicyclic amines) is 1. The molecule has 0 spiro atoms. The molecule has 162 valence electrons. The van der Waals surface area contributed by atoms with Crippen LogP contribution < -0.4 is 14.4 Å². The number of hydrogen-bond donors (Lipinski definition) is 0. The van der Waals surface area contributed by atoms with Gasteiger partial charge in [-0.1, -0.05) is 36.8 Å². The summed E-state index contributed by atoms with van der Waals surface area (Å²) in [7, 11) is 3.26. The molecule has 1 fully saturated rings. The largest absolute Gasteiger partial charge is 0.493 e. The van der Waals surface area contributed by atoms with Gasteiger partial charge in [0.25, 0.3) is 0 Å². The molecule has 1 amide bonds. The fourth-order valence-corrected chi connectivity index (χ4v) is 4.27. The number of rotatable bonds is 8. The van der Waals surface area contributed by atoms with Crippen LogP contribution in [0.5, 0.6) is 11.5 Å². The third-order valence-electron chi connectivity index (χ3n) is 5.79. The van der Waals surface area contributed by atoms with Crippen LogP contribution in [0.2, 0.25) is 0 Å². The lowest BCUT2D eigenvalue weighted by atomic mass is 10.0. The zero-order valence-electron chi connectivity index (χ0n) is 18.7. The molecule has 3 rings (SSSR count). The van der Waals surface area contributed by atoms with E-state index >= 15 is 0 Å². The molecule has 0 N–H and O–H groups in total. The number of piperidine rings is 1. The second-order valence-corrected chi connectivity index (χ2v) is 8.05. The standard InChI is InChI=1S/C25H34N2O3/c1-5-7-25(28)27(22-10-11-23(29-3)24(17-22)30-4)21-12-14-26(15-13-21)18-20-9-6-8-19(2)16-20/h6,8-11,16-17,21H,5,7,12-15,18H2,1-4H3. The highest BCUT2D eigenvalue weighted by molar-refractivity contribution is 5.94. The van der Waals surface area contributed by atoms with Crippen molar-refractivity contribution in [3.8, 4) is 11.5 Å². The van der Waals surface area contributed by atoms with Crippen LogP contribution in [0.4, 0.5) is 5.69 Å². The van der Waals surface area contributed by atoms with Crippen LogP contribution in [0.1, 0.15) is 43.7 Å². The second-order valence-electron chi connectivity index (χ2n) is 8.05. The minimum Gasteiger partial charge on any atom is -0.493 e. The van der Waals surface area contributed by atoms with Gasteiger partial charge in [0, 0.05) is 43.9 Å². The van der Waals surface area contributed by atoms with Gasteiger partial charge in [-0.3, -0.25) is 9.69 Å². The van der Waals surface area contributed by atoms with Gasteiger partial charge in [-0.05, 0) is 43.9 Å². The monoisotopic (exact) mass is 410 g/mol. The number of hydrogen-bond acceptors (Lipinski definition) is 4. The highest BCUT2D eigenvalue weighted by Crippen LogP contribution is 2.34. The van der Waals surface area contributed by atoms with Gasteiger partial charge in [0.1, 0.15) is 0 Å². The summed E-state index contributed by atoms with van der Waals surface area (Å²) in [6, 6.07) is 14.7. The van der Waals surface area contributed by atoms with Crippen LogP contribution in [0.15, 0.2) is 42.5 Å². The van der Waals surface area contributed by atoms with Crippen LogP contribution in [-0.2, 0) is 11.3 Å². The summed E-state index contributed by atoms with van der Waals surface area (Å²) in [4.78, 5) is 17.5. The van der Waals surface area contributed by atoms with Crippen LogP contribution in [-0.4, -0.2) is 44.2 Å². The molecule has 5 nitrogen and oxygen atoms in total. The zero-order chi connectivity index (χ0) is 21.5. The van der Waals surface area contributed by atoms with E-state index in [1.807, 2.05) is 23.1 Å². The fraction of sp³-hybridized carbons (Fsp3) is 0.480. The minimum atomic E-state index is 0.182. The normalized spacial score (nSPS) is 15.1. The minimum absolute atomic E-state index is 0.182. The third-order valence-corrected chi connectivity index (χ3v) is 5.79. The highest BCUT2D eigenvalue weighted by Gasteiger charge is 2.29. The number of carbonyl (C=O) groups excluding carboxylic acids is 1. The van der Waals surface area contributed by atoms with Gasteiger partial charge in [-0.15, -0.1) is 0 Å². The molecule has 1 saturated heterocycles. The number of carbonyl (C=O) groups is 1. The average Bonchev–Trinajstić information content (AvgIpc) is 2.75. The number of anilines is 1. The van der Waals surface area contributed by atoms with E-state index < -0.39 is 0 Å². The van der Waals surface area contributed by atoms with Crippen LogP contribution in [0, 0.1) is 6.92 Å². The molecular weight excluding hydrogens is 376 g/mol. The summed E-state index contributed by atoms with van der Waals surface area (Å²) in [5.74, 6) is 1.51. The Kier molecular flexibility index (Phi) is 7.75. The molecule has 1 heterocycles. The molecule has 0 atom stereocenters. The third kappa shape index (κ3) is 5.33. The first-order valence-corrected chi connectivity index (χ1v) is 10.9. The molecule has 1 aliphatic rings. The SMILES string of the molecule is CCCC(=O)N(c1ccc(OC)c(OC)c1)C1CCN(Cc2cccc(C)c2)CC1. The van der Waals surface area contributed by atoms with E-state index in [0.29, 0.717) is 17.9 Å². The molecule has 1 aliphatic heterocycles. The van der Waals surface area contributed by atoms with E-state index in [1.54, 1.807) is 14.2 Å². The van der Waals surface area contributed by atoms with Gasteiger partial charge in [0.15, 0.2) is 11.5 Å². The molecule has 0 bridgehead atoms. The summed E-state index contributed by atoms with van der Waals surface area (Å²) in [5.41, 5.74) is 3.54. The lowest BCUT2D eigenvalue weighted by Crippen LogP contribution is -2.47. The second kappa shape index (κ2) is 10.5. The molecule has 0 unspecified atom stereocenters. The first-order valence-electron chi connectivity index (χ1n) is 10.9. The smallest absolute Gasteiger partial charge is 0.227 e. The van der Waals surface area contributed by atoms with Crippen molar-refractivity contribution in [3.63, 3.8) is 0 Å². The summed E-state index contributed by atoms with van der Waals surface area (Å²) in [6.07, 6.45) is 3.33. The van der Waals surface area contributed by atoms with Crippen molar-refractivity contribution in [3.05, 3.63) is 53.6 Å². The van der Waals surface area contributed by atoms with Gasteiger partial charge in [0.2, 0.25) is 5.91 Å². The fourth-order valence-electron chi connectivity index (χ4n) is 4.27. The molecule has 30 heavy (non-hydrogen) atoms. The number of nitrogens with zero attached hydrogens (tertiary/aromatic N) is 2. The Balaban J connectivity index is 1.73. The van der Waals surface area contributed by atoms with Gasteiger partial charge < -0.3 is 14.4 Å². The molecule has 0 radical (unpaired) electrons. The van der Waals surface area contributed by atoms with E-state index in [0.717, 1.165) is 44.6 Å². The summed E-state index contributed by atoms with van der Waals surface area (Å²) in [5, 5.41) is 0. The van der Waals surface area contributed by atoms with Crippen molar-refractivity contribution in [2.75, 3.05) is 32.2 Å². The molecule has 0 saturated carbocycles. The van der Waals surface area contributed by atoms with Crippen molar-refractivity contribution < 1.29 is 14.3 Å². The van der Waals surface area contributed by atoms with Crippen molar-refractivity contribution in [1.29, 1.82) is 0 Å². The molecule has 2 aromatic rings. The maximum Gasteiger partial charge on any atom is 0.227 e. The predicted molar refractivity (Wildman–Crippen MR) is 121 cm³/mol. The Labute approximate surface area is 180 Å². The first-order chi connectivity index (χ1) is 14.5. The predicted octanol–water partition coefficient (Wildman–Crippen LogP) is 4.81. The van der Waals surface area contributed by atoms with E-state index in [4.69, 9.17) is 9.47 Å². The van der Waals surface area contributed by atoms with Gasteiger partial charge in [-0.25, -0.2) is 0 Å². The Morgan fingerprint density at radius 2 is 1.80 bits per heavy atom. The van der Waals surface area contributed by atoms with E-state index in [2.05, 4.69) is 43.0 Å². The Hall–Kier alpha value is -2.53. The average molecular weight is 411 g/mol. The Morgan fingerprint density at radius 1 is 1.07 bits per heavy atom. The summed E-state index contributed by atoms with van der Waals surface area (Å²) >= 11 is 0. The Bertz CT molecular complexity index is 844. The highest BCUT2D eigenvalue weighted by atomic mass is 16.5. The van der Waals surface area contributed by atoms with Crippen LogP contribution >= 0.6 is 0 Å². The number of amides is 1. The number of aryl methyl sites for hydroxylation is 1. The van der Waals surface area contributed by atoms with Crippen LogP contribution in [0.25, 0.3) is 0 Å². The van der Waals surface area contributed by atoms with E-state index in [1.165, 1.54) is 11.1 Å². The lowest BCUT2D eigenvalue weighted by molar-refractivity contribution is -0.119. The van der Waals surface area contributed by atoms with Gasteiger partial charge in [0.05, 0.1) is 14.2 Å². The van der Waals surface area contributed by atoms with Gasteiger partial charge >= 0.3 is 0 Å². The van der Waals surface area contributed by atoms with E-state index in [9.17, 15) is 4.79 Å². The molecule has 0 aromatic heterocycles. The van der Waals surface area contributed by atoms with Gasteiger partial charge in [-0.2, -0.15) is 0 Å². The maximum absolute atomic E-state index is 13.0. The molecular formula is C25H34N2O3. The maximum atomic E-state index is 13.0.